The Labute approximate surface area is 148 Å². The van der Waals surface area contributed by atoms with Crippen molar-refractivity contribution in [1.29, 1.82) is 0 Å². The van der Waals surface area contributed by atoms with Crippen molar-refractivity contribution in [1.82, 2.24) is 15.5 Å². The molecule has 1 fully saturated rings. The lowest BCUT2D eigenvalue weighted by atomic mass is 9.93. The van der Waals surface area contributed by atoms with Gasteiger partial charge in [-0.15, -0.1) is 0 Å². The fourth-order valence-electron chi connectivity index (χ4n) is 3.66. The number of hydrogen-bond donors (Lipinski definition) is 1. The molecule has 1 saturated carbocycles. The van der Waals surface area contributed by atoms with Crippen LogP contribution in [-0.4, -0.2) is 23.2 Å². The van der Waals surface area contributed by atoms with Gasteiger partial charge in [-0.05, 0) is 30.4 Å². The van der Waals surface area contributed by atoms with Crippen LogP contribution in [0.25, 0.3) is 0 Å². The second-order valence-corrected chi connectivity index (χ2v) is 6.82. The number of carbonyl (C=O) groups is 1. The number of methoxy groups -OCH3 is 1. The molecule has 1 amide bonds. The van der Waals surface area contributed by atoms with E-state index in [1.165, 1.54) is 0 Å². The third-order valence-corrected chi connectivity index (χ3v) is 4.95. The van der Waals surface area contributed by atoms with Gasteiger partial charge in [0.1, 0.15) is 11.3 Å². The van der Waals surface area contributed by atoms with E-state index in [0.29, 0.717) is 18.1 Å². The van der Waals surface area contributed by atoms with Crippen LogP contribution >= 0.6 is 0 Å². The maximum absolute atomic E-state index is 12.7. The highest BCUT2D eigenvalue weighted by Gasteiger charge is 2.41. The van der Waals surface area contributed by atoms with Crippen molar-refractivity contribution in [2.75, 3.05) is 7.11 Å². The lowest BCUT2D eigenvalue weighted by Crippen LogP contribution is -2.45. The van der Waals surface area contributed by atoms with Gasteiger partial charge in [0, 0.05) is 13.3 Å². The van der Waals surface area contributed by atoms with E-state index in [2.05, 4.69) is 15.5 Å². The molecule has 6 nitrogen and oxygen atoms in total. The monoisotopic (exact) mass is 343 g/mol. The Kier molecular flexibility index (Phi) is 5.06. The number of aromatic nitrogens is 2. The number of benzene rings is 1. The zero-order valence-electron chi connectivity index (χ0n) is 15.0. The number of para-hydroxylation sites is 1. The number of ether oxygens (including phenoxy) is 1. The van der Waals surface area contributed by atoms with Crippen molar-refractivity contribution < 1.29 is 14.1 Å². The largest absolute Gasteiger partial charge is 0.496 e. The minimum absolute atomic E-state index is 0.00255. The number of nitrogens with one attached hydrogen (secondary N) is 1. The minimum atomic E-state index is -0.491. The van der Waals surface area contributed by atoms with Crippen LogP contribution in [0.4, 0.5) is 0 Å². The van der Waals surface area contributed by atoms with Crippen LogP contribution in [0, 0.1) is 6.92 Å². The van der Waals surface area contributed by atoms with Gasteiger partial charge in [-0.25, -0.2) is 0 Å². The third-order valence-electron chi connectivity index (χ3n) is 4.95. The number of aryl methyl sites for hydroxylation is 1. The molecule has 0 bridgehead atoms. The fraction of sp³-hybridized carbons (Fsp3) is 0.526. The second-order valence-electron chi connectivity index (χ2n) is 6.82. The van der Waals surface area contributed by atoms with Gasteiger partial charge in [-0.2, -0.15) is 4.98 Å². The van der Waals surface area contributed by atoms with Gasteiger partial charge >= 0.3 is 0 Å². The van der Waals surface area contributed by atoms with Gasteiger partial charge in [0.15, 0.2) is 5.82 Å². The first kappa shape index (κ1) is 17.5. The summed E-state index contributed by atoms with van der Waals surface area (Å²) < 4.78 is 10.5. The van der Waals surface area contributed by atoms with Crippen molar-refractivity contribution >= 4 is 5.91 Å². The van der Waals surface area contributed by atoms with Gasteiger partial charge in [0.05, 0.1) is 7.11 Å². The van der Waals surface area contributed by atoms with Crippen molar-refractivity contribution in [2.45, 2.75) is 57.4 Å². The molecule has 25 heavy (non-hydrogen) atoms. The molecule has 1 aliphatic carbocycles. The maximum atomic E-state index is 12.7. The Morgan fingerprint density at radius 1 is 1.36 bits per heavy atom. The topological polar surface area (TPSA) is 77.2 Å². The Morgan fingerprint density at radius 2 is 2.08 bits per heavy atom. The second kappa shape index (κ2) is 7.25. The highest BCUT2D eigenvalue weighted by atomic mass is 16.5. The van der Waals surface area contributed by atoms with Gasteiger partial charge in [-0.1, -0.05) is 43.1 Å². The molecule has 1 N–H and O–H groups in total. The molecule has 6 heteroatoms. The van der Waals surface area contributed by atoms with Gasteiger partial charge in [-0.3, -0.25) is 4.79 Å². The summed E-state index contributed by atoms with van der Waals surface area (Å²) in [5.41, 5.74) is 0.547. The molecule has 0 spiro atoms. The van der Waals surface area contributed by atoms with Crippen LogP contribution in [0.15, 0.2) is 28.8 Å². The Hall–Kier alpha value is -2.37. The summed E-state index contributed by atoms with van der Waals surface area (Å²) in [6.07, 6.45) is 4.19. The van der Waals surface area contributed by atoms with Crippen LogP contribution in [0.1, 0.15) is 62.2 Å². The summed E-state index contributed by atoms with van der Waals surface area (Å²) in [5, 5.41) is 7.26. The number of nitrogens with zero attached hydrogens (tertiary/aromatic N) is 2. The Morgan fingerprint density at radius 3 is 2.72 bits per heavy atom. The van der Waals surface area contributed by atoms with Gasteiger partial charge < -0.3 is 14.6 Å². The van der Waals surface area contributed by atoms with Crippen LogP contribution in [0.3, 0.4) is 0 Å². The summed E-state index contributed by atoms with van der Waals surface area (Å²) in [4.78, 5) is 17.1. The Balaban J connectivity index is 1.72. The van der Waals surface area contributed by atoms with Crippen LogP contribution in [0.2, 0.25) is 0 Å². The first-order valence-electron chi connectivity index (χ1n) is 8.79. The van der Waals surface area contributed by atoms with Crippen molar-refractivity contribution in [2.24, 2.45) is 0 Å². The van der Waals surface area contributed by atoms with Crippen LogP contribution in [-0.2, 0) is 10.3 Å². The standard InChI is InChI=1S/C19H25N3O3/c1-13(15-8-4-5-9-16(15)24-3)12-17(23)21-19(10-6-7-11-19)18-20-14(2)25-22-18/h4-5,8-9,13H,6-7,10-12H2,1-3H3,(H,21,23). The van der Waals surface area contributed by atoms with Crippen molar-refractivity contribution in [3.05, 3.63) is 41.5 Å². The first-order chi connectivity index (χ1) is 12.0. The average molecular weight is 343 g/mol. The zero-order valence-corrected chi connectivity index (χ0v) is 15.0. The molecule has 0 radical (unpaired) electrons. The molecule has 1 aliphatic rings. The molecular weight excluding hydrogens is 318 g/mol. The minimum Gasteiger partial charge on any atom is -0.496 e. The molecule has 1 aromatic heterocycles. The quantitative estimate of drug-likeness (QED) is 0.869. The highest BCUT2D eigenvalue weighted by Crippen LogP contribution is 2.38. The molecule has 1 atom stereocenters. The fourth-order valence-corrected chi connectivity index (χ4v) is 3.66. The highest BCUT2D eigenvalue weighted by molar-refractivity contribution is 5.78. The normalized spacial score (nSPS) is 17.2. The van der Waals surface area contributed by atoms with E-state index in [1.807, 2.05) is 31.2 Å². The van der Waals surface area contributed by atoms with E-state index < -0.39 is 5.54 Å². The molecule has 1 aromatic carbocycles. The van der Waals surface area contributed by atoms with Crippen molar-refractivity contribution in [3.8, 4) is 5.75 Å². The first-order valence-corrected chi connectivity index (χ1v) is 8.79. The lowest BCUT2D eigenvalue weighted by Gasteiger charge is -2.27. The molecular formula is C19H25N3O3. The summed E-state index contributed by atoms with van der Waals surface area (Å²) in [6, 6.07) is 7.82. The van der Waals surface area contributed by atoms with Gasteiger partial charge in [0.25, 0.3) is 0 Å². The predicted molar refractivity (Wildman–Crippen MR) is 93.3 cm³/mol. The number of amides is 1. The molecule has 3 rings (SSSR count). The molecule has 1 unspecified atom stereocenters. The van der Waals surface area contributed by atoms with Crippen molar-refractivity contribution in [3.63, 3.8) is 0 Å². The van der Waals surface area contributed by atoms with E-state index in [0.717, 1.165) is 37.0 Å². The van der Waals surface area contributed by atoms with E-state index >= 15 is 0 Å². The van der Waals surface area contributed by atoms with E-state index in [4.69, 9.17) is 9.26 Å². The molecule has 0 aliphatic heterocycles. The van der Waals surface area contributed by atoms with Crippen LogP contribution in [0.5, 0.6) is 5.75 Å². The third kappa shape index (κ3) is 3.67. The summed E-state index contributed by atoms with van der Waals surface area (Å²) >= 11 is 0. The molecule has 2 aromatic rings. The number of rotatable bonds is 6. The zero-order chi connectivity index (χ0) is 17.9. The predicted octanol–water partition coefficient (Wildman–Crippen LogP) is 3.47. The molecule has 0 saturated heterocycles. The molecule has 134 valence electrons. The lowest BCUT2D eigenvalue weighted by molar-refractivity contribution is -0.123. The smallest absolute Gasteiger partial charge is 0.223 e. The number of hydrogen-bond acceptors (Lipinski definition) is 5. The van der Waals surface area contributed by atoms with Crippen LogP contribution < -0.4 is 10.1 Å². The van der Waals surface area contributed by atoms with Gasteiger partial charge in [0.2, 0.25) is 11.8 Å². The average Bonchev–Trinajstić information content (AvgIpc) is 3.24. The maximum Gasteiger partial charge on any atom is 0.223 e. The van der Waals surface area contributed by atoms with E-state index in [1.54, 1.807) is 14.0 Å². The summed E-state index contributed by atoms with van der Waals surface area (Å²) in [7, 11) is 1.65. The SMILES string of the molecule is COc1ccccc1C(C)CC(=O)NC1(c2noc(C)n2)CCCC1. The Bertz CT molecular complexity index is 735. The van der Waals surface area contributed by atoms with E-state index in [-0.39, 0.29) is 11.8 Å². The number of carbonyl (C=O) groups excluding carboxylic acids is 1. The van der Waals surface area contributed by atoms with E-state index in [9.17, 15) is 4.79 Å². The molecule has 1 heterocycles. The summed E-state index contributed by atoms with van der Waals surface area (Å²) in [6.45, 7) is 3.81. The summed E-state index contributed by atoms with van der Waals surface area (Å²) in [5.74, 6) is 2.00.